The van der Waals surface area contributed by atoms with Crippen LogP contribution in [-0.2, 0) is 16.6 Å². The maximum Gasteiger partial charge on any atom is 0.270 e. The molecule has 0 spiro atoms. The van der Waals surface area contributed by atoms with E-state index in [1.54, 1.807) is 30.3 Å². The Hall–Kier alpha value is -3.08. The molecular formula is C18H15ClN4O5S. The third-order valence-corrected chi connectivity index (χ3v) is 5.67. The summed E-state index contributed by atoms with van der Waals surface area (Å²) in [7, 11) is -3.98. The fourth-order valence-corrected chi connectivity index (χ4v) is 3.70. The van der Waals surface area contributed by atoms with Gasteiger partial charge in [0.25, 0.3) is 11.2 Å². The highest BCUT2D eigenvalue weighted by Gasteiger charge is 2.17. The second-order valence-electron chi connectivity index (χ2n) is 5.94. The molecule has 0 aliphatic rings. The molecule has 0 atom stereocenters. The lowest BCUT2D eigenvalue weighted by molar-refractivity contribution is -0.385. The number of nitrogens with zero attached hydrogens (tertiary/aromatic N) is 3. The van der Waals surface area contributed by atoms with Gasteiger partial charge in [0.05, 0.1) is 22.1 Å². The van der Waals surface area contributed by atoms with Gasteiger partial charge in [-0.1, -0.05) is 29.8 Å². The quantitative estimate of drug-likeness (QED) is 0.450. The molecule has 0 unspecified atom stereocenters. The highest BCUT2D eigenvalue weighted by Crippen LogP contribution is 2.19. The normalized spacial score (nSPS) is 11.3. The van der Waals surface area contributed by atoms with Crippen LogP contribution in [0.25, 0.3) is 11.3 Å². The summed E-state index contributed by atoms with van der Waals surface area (Å²) in [6, 6.07) is 14.5. The molecule has 3 rings (SSSR count). The van der Waals surface area contributed by atoms with Crippen molar-refractivity contribution >= 4 is 27.3 Å². The van der Waals surface area contributed by atoms with E-state index in [-0.39, 0.29) is 23.7 Å². The van der Waals surface area contributed by atoms with Gasteiger partial charge in [0.15, 0.2) is 0 Å². The van der Waals surface area contributed by atoms with Gasteiger partial charge in [-0.2, -0.15) is 5.10 Å². The van der Waals surface area contributed by atoms with E-state index >= 15 is 0 Å². The second kappa shape index (κ2) is 8.52. The van der Waals surface area contributed by atoms with E-state index < -0.39 is 20.5 Å². The van der Waals surface area contributed by atoms with Gasteiger partial charge in [-0.05, 0) is 24.3 Å². The molecule has 0 bridgehead atoms. The van der Waals surface area contributed by atoms with Crippen LogP contribution in [0, 0.1) is 10.1 Å². The van der Waals surface area contributed by atoms with Crippen molar-refractivity contribution in [3.63, 3.8) is 0 Å². The van der Waals surface area contributed by atoms with Crippen molar-refractivity contribution in [3.8, 4) is 11.3 Å². The third-order valence-electron chi connectivity index (χ3n) is 3.96. The number of nitrogens with one attached hydrogen (secondary N) is 1. The van der Waals surface area contributed by atoms with E-state index in [4.69, 9.17) is 11.6 Å². The maximum absolute atomic E-state index is 12.3. The zero-order valence-corrected chi connectivity index (χ0v) is 16.4. The largest absolute Gasteiger partial charge is 0.270 e. The summed E-state index contributed by atoms with van der Waals surface area (Å²) in [5.74, 6) is 0. The minimum absolute atomic E-state index is 0.0194. The van der Waals surface area contributed by atoms with Crippen LogP contribution in [0.5, 0.6) is 0 Å². The summed E-state index contributed by atoms with van der Waals surface area (Å²) < 4.78 is 28.2. The molecule has 0 radical (unpaired) electrons. The Balaban J connectivity index is 1.74. The van der Waals surface area contributed by atoms with E-state index in [1.165, 1.54) is 24.3 Å². The van der Waals surface area contributed by atoms with Gasteiger partial charge >= 0.3 is 0 Å². The van der Waals surface area contributed by atoms with Crippen LogP contribution < -0.4 is 10.3 Å². The summed E-state index contributed by atoms with van der Waals surface area (Å²) in [4.78, 5) is 21.9. The molecular weight excluding hydrogens is 420 g/mol. The Bertz CT molecular complexity index is 1210. The standard InChI is InChI=1S/C18H15ClN4O5S/c19-14-6-4-13(5-7-14)17-8-9-18(24)22(21-17)11-10-20-29(27,28)16-3-1-2-15(12-16)23(25)26/h1-9,12,20H,10-11H2. The van der Waals surface area contributed by atoms with Crippen molar-refractivity contribution < 1.29 is 13.3 Å². The Labute approximate surface area is 170 Å². The zero-order chi connectivity index (χ0) is 21.0. The van der Waals surface area contributed by atoms with Gasteiger partial charge in [0.1, 0.15) is 0 Å². The average molecular weight is 435 g/mol. The molecule has 0 aliphatic carbocycles. The lowest BCUT2D eigenvalue weighted by atomic mass is 10.1. The molecule has 0 fully saturated rings. The fourth-order valence-electron chi connectivity index (χ4n) is 2.52. The number of benzene rings is 2. The predicted molar refractivity (Wildman–Crippen MR) is 107 cm³/mol. The number of hydrogen-bond donors (Lipinski definition) is 1. The number of rotatable bonds is 7. The number of non-ortho nitro benzene ring substituents is 1. The van der Waals surface area contributed by atoms with E-state index in [9.17, 15) is 23.3 Å². The summed E-state index contributed by atoms with van der Waals surface area (Å²) in [5, 5.41) is 15.6. The van der Waals surface area contributed by atoms with Crippen LogP contribution in [-0.4, -0.2) is 29.7 Å². The topological polar surface area (TPSA) is 124 Å². The zero-order valence-electron chi connectivity index (χ0n) is 14.9. The fraction of sp³-hybridized carbons (Fsp3) is 0.111. The Morgan fingerprint density at radius 1 is 1.10 bits per heavy atom. The first-order valence-electron chi connectivity index (χ1n) is 8.34. The van der Waals surface area contributed by atoms with Crippen LogP contribution in [0.3, 0.4) is 0 Å². The molecule has 0 amide bonds. The van der Waals surface area contributed by atoms with Gasteiger partial charge in [0, 0.05) is 35.3 Å². The van der Waals surface area contributed by atoms with Crippen molar-refractivity contribution in [2.45, 2.75) is 11.4 Å². The first-order valence-corrected chi connectivity index (χ1v) is 10.2. The predicted octanol–water partition coefficient (Wildman–Crippen LogP) is 2.45. The average Bonchev–Trinajstić information content (AvgIpc) is 2.70. The number of hydrogen-bond acceptors (Lipinski definition) is 6. The summed E-state index contributed by atoms with van der Waals surface area (Å²) >= 11 is 5.87. The second-order valence-corrected chi connectivity index (χ2v) is 8.14. The Kier molecular flexibility index (Phi) is 6.06. The van der Waals surface area contributed by atoms with Crippen LogP contribution in [0.1, 0.15) is 0 Å². The van der Waals surface area contributed by atoms with Gasteiger partial charge in [0.2, 0.25) is 10.0 Å². The minimum Gasteiger partial charge on any atom is -0.268 e. The molecule has 2 aromatic carbocycles. The molecule has 0 aliphatic heterocycles. The van der Waals surface area contributed by atoms with Crippen molar-refractivity contribution in [1.82, 2.24) is 14.5 Å². The molecule has 3 aromatic rings. The van der Waals surface area contributed by atoms with Crippen molar-refractivity contribution in [2.24, 2.45) is 0 Å². The molecule has 0 saturated carbocycles. The van der Waals surface area contributed by atoms with Crippen molar-refractivity contribution in [1.29, 1.82) is 0 Å². The third kappa shape index (κ3) is 5.05. The van der Waals surface area contributed by atoms with Gasteiger partial charge in [-0.25, -0.2) is 17.8 Å². The van der Waals surface area contributed by atoms with Crippen LogP contribution in [0.4, 0.5) is 5.69 Å². The summed E-state index contributed by atoms with van der Waals surface area (Å²) in [5.41, 5.74) is 0.557. The number of nitro benzene ring substituents is 1. The van der Waals surface area contributed by atoms with Gasteiger partial charge < -0.3 is 0 Å². The van der Waals surface area contributed by atoms with Gasteiger partial charge in [-0.15, -0.1) is 0 Å². The molecule has 1 heterocycles. The highest BCUT2D eigenvalue weighted by molar-refractivity contribution is 7.89. The highest BCUT2D eigenvalue weighted by atomic mass is 35.5. The molecule has 11 heteroatoms. The molecule has 1 N–H and O–H groups in total. The Morgan fingerprint density at radius 2 is 1.83 bits per heavy atom. The van der Waals surface area contributed by atoms with Crippen LogP contribution in [0.15, 0.2) is 70.4 Å². The molecule has 29 heavy (non-hydrogen) atoms. The molecule has 1 aromatic heterocycles. The maximum atomic E-state index is 12.3. The number of halogens is 1. The summed E-state index contributed by atoms with van der Waals surface area (Å²) in [6.45, 7) is -0.142. The van der Waals surface area contributed by atoms with Crippen LogP contribution in [0.2, 0.25) is 5.02 Å². The lowest BCUT2D eigenvalue weighted by Gasteiger charge is -2.09. The monoisotopic (exact) mass is 434 g/mol. The van der Waals surface area contributed by atoms with Crippen LogP contribution >= 0.6 is 11.6 Å². The van der Waals surface area contributed by atoms with Crippen molar-refractivity contribution in [3.05, 3.63) is 86.2 Å². The van der Waals surface area contributed by atoms with E-state index in [1.807, 2.05) is 0 Å². The first-order chi connectivity index (χ1) is 13.8. The first kappa shape index (κ1) is 20.6. The smallest absolute Gasteiger partial charge is 0.268 e. The van der Waals surface area contributed by atoms with E-state index in [0.717, 1.165) is 16.3 Å². The summed E-state index contributed by atoms with van der Waals surface area (Å²) in [6.07, 6.45) is 0. The minimum atomic E-state index is -3.98. The number of aromatic nitrogens is 2. The molecule has 9 nitrogen and oxygen atoms in total. The van der Waals surface area contributed by atoms with Gasteiger partial charge in [-0.3, -0.25) is 14.9 Å². The lowest BCUT2D eigenvalue weighted by Crippen LogP contribution is -2.32. The SMILES string of the molecule is O=c1ccc(-c2ccc(Cl)cc2)nn1CCNS(=O)(=O)c1cccc([N+](=O)[O-])c1. The number of sulfonamides is 1. The van der Waals surface area contributed by atoms with E-state index in [0.29, 0.717) is 10.7 Å². The molecule has 150 valence electrons. The molecule has 0 saturated heterocycles. The van der Waals surface area contributed by atoms with E-state index in [2.05, 4.69) is 9.82 Å². The Morgan fingerprint density at radius 3 is 2.52 bits per heavy atom. The number of nitro groups is 1. The van der Waals surface area contributed by atoms with Crippen molar-refractivity contribution in [2.75, 3.05) is 6.54 Å².